The van der Waals surface area contributed by atoms with Gasteiger partial charge in [0.15, 0.2) is 12.6 Å². The third kappa shape index (κ3) is 9.26. The molecule has 0 aromatic carbocycles. The van der Waals surface area contributed by atoms with Crippen LogP contribution in [0.3, 0.4) is 0 Å². The number of carbonyl (C=O) groups excluding carboxylic acids is 2. The lowest BCUT2D eigenvalue weighted by atomic mass is 9.74. The van der Waals surface area contributed by atoms with Crippen LogP contribution in [0.5, 0.6) is 0 Å². The SMILES string of the molecule is CC[C@H]1OC(=O)[C@H](C)[C@@H](O[C@H]2C[C@@](C)(OC)[C@@H](O)[C@H](C)O2)[C@H](C)[C@@H](O[C@H]2C[C@@H](NC)C[C@@H](C)O2)[C@](C)(OC)C[C@@H](C)C(=O)[C@H](C)[C@@H](O)[C@]1(C)O. The highest BCUT2D eigenvalue weighted by molar-refractivity contribution is 5.83. The second-order valence-electron chi connectivity index (χ2n) is 15.9. The summed E-state index contributed by atoms with van der Waals surface area (Å²) in [4.78, 5) is 28.0. The lowest BCUT2D eigenvalue weighted by molar-refractivity contribution is -0.309. The zero-order chi connectivity index (χ0) is 37.9. The third-order valence-corrected chi connectivity index (χ3v) is 11.9. The van der Waals surface area contributed by atoms with Crippen molar-refractivity contribution in [1.82, 2.24) is 5.32 Å². The molecule has 0 bridgehead atoms. The van der Waals surface area contributed by atoms with Crippen molar-refractivity contribution in [2.75, 3.05) is 21.3 Å². The van der Waals surface area contributed by atoms with Gasteiger partial charge in [-0.1, -0.05) is 27.7 Å². The van der Waals surface area contributed by atoms with Crippen molar-refractivity contribution >= 4 is 11.8 Å². The molecule has 3 heterocycles. The van der Waals surface area contributed by atoms with Crippen LogP contribution >= 0.6 is 0 Å². The first-order chi connectivity index (χ1) is 23.2. The lowest BCUT2D eigenvalue weighted by Crippen LogP contribution is -2.60. The first-order valence-corrected chi connectivity index (χ1v) is 18.4. The Kier molecular flexibility index (Phi) is 14.9. The van der Waals surface area contributed by atoms with Crippen molar-refractivity contribution in [3.63, 3.8) is 0 Å². The number of cyclic esters (lactones) is 1. The molecule has 3 aliphatic heterocycles. The van der Waals surface area contributed by atoms with E-state index in [1.807, 2.05) is 27.8 Å². The normalized spacial score (nSPS) is 48.9. The van der Waals surface area contributed by atoms with Crippen molar-refractivity contribution < 1.29 is 58.1 Å². The molecule has 0 amide bonds. The van der Waals surface area contributed by atoms with E-state index in [1.54, 1.807) is 48.7 Å². The molecule has 13 heteroatoms. The number of rotatable bonds is 8. The standard InChI is InChI=1S/C37H67NO12/c1-14-26-37(10,43)31(40)21(4)29(39)19(2)17-36(9,45-13)33(50-27-16-25(38-11)15-20(3)46-27)22(5)30(23(6)34(42)48-26)49-28-18-35(8,44-12)32(41)24(7)47-28/h19-28,30-33,38,40-41,43H,14-18H2,1-13H3/t19-,20-,21+,22+,23-,24+,25+,26-,27+,28+,30+,31-,32+,33-,35-,36-,37-/m1/s1. The Morgan fingerprint density at radius 2 is 1.46 bits per heavy atom. The van der Waals surface area contributed by atoms with Crippen molar-refractivity contribution in [2.24, 2.45) is 23.7 Å². The summed E-state index contributed by atoms with van der Waals surface area (Å²) < 4.78 is 44.1. The zero-order valence-electron chi connectivity index (χ0n) is 32.6. The largest absolute Gasteiger partial charge is 0.459 e. The van der Waals surface area contributed by atoms with Gasteiger partial charge in [-0.2, -0.15) is 0 Å². The smallest absolute Gasteiger partial charge is 0.311 e. The minimum Gasteiger partial charge on any atom is -0.459 e. The van der Waals surface area contributed by atoms with Crippen molar-refractivity contribution in [2.45, 2.75) is 179 Å². The van der Waals surface area contributed by atoms with Crippen LogP contribution in [0.25, 0.3) is 0 Å². The van der Waals surface area contributed by atoms with Crippen LogP contribution in [0.15, 0.2) is 0 Å². The molecule has 3 aliphatic rings. The summed E-state index contributed by atoms with van der Waals surface area (Å²) in [6.45, 7) is 17.5. The number of hydrogen-bond donors (Lipinski definition) is 4. The molecule has 3 rings (SSSR count). The molecule has 17 atom stereocenters. The minimum absolute atomic E-state index is 0.0911. The van der Waals surface area contributed by atoms with Gasteiger partial charge >= 0.3 is 5.97 Å². The van der Waals surface area contributed by atoms with Crippen LogP contribution in [0.1, 0.15) is 101 Å². The number of ketones is 1. The fraction of sp³-hybridized carbons (Fsp3) is 0.946. The monoisotopic (exact) mass is 717 g/mol. The van der Waals surface area contributed by atoms with Gasteiger partial charge in [0.05, 0.1) is 47.6 Å². The Morgan fingerprint density at radius 3 is 2.02 bits per heavy atom. The molecule has 0 aromatic rings. The van der Waals surface area contributed by atoms with Crippen molar-refractivity contribution in [3.05, 3.63) is 0 Å². The van der Waals surface area contributed by atoms with E-state index < -0.39 is 95.6 Å². The molecule has 3 saturated heterocycles. The number of methoxy groups -OCH3 is 2. The summed E-state index contributed by atoms with van der Waals surface area (Å²) >= 11 is 0. The zero-order valence-corrected chi connectivity index (χ0v) is 32.6. The van der Waals surface area contributed by atoms with Crippen molar-refractivity contribution in [3.8, 4) is 0 Å². The van der Waals surface area contributed by atoms with Crippen LogP contribution < -0.4 is 5.32 Å². The van der Waals surface area contributed by atoms with Crippen LogP contribution in [0.2, 0.25) is 0 Å². The number of Topliss-reactive ketones (excluding diaryl/α,β-unsaturated/α-hetero) is 1. The molecule has 0 unspecified atom stereocenters. The van der Waals surface area contributed by atoms with Crippen molar-refractivity contribution in [1.29, 1.82) is 0 Å². The number of ether oxygens (including phenoxy) is 7. The quantitative estimate of drug-likeness (QED) is 0.270. The average molecular weight is 718 g/mol. The predicted molar refractivity (Wildman–Crippen MR) is 185 cm³/mol. The first kappa shape index (κ1) is 43.1. The van der Waals surface area contributed by atoms with E-state index >= 15 is 0 Å². The predicted octanol–water partition coefficient (Wildman–Crippen LogP) is 3.13. The minimum atomic E-state index is -1.93. The number of hydrogen-bond acceptors (Lipinski definition) is 13. The molecule has 13 nitrogen and oxygen atoms in total. The molecule has 3 fully saturated rings. The molecule has 0 aliphatic carbocycles. The molecule has 0 saturated carbocycles. The van der Waals surface area contributed by atoms with Gasteiger partial charge in [-0.25, -0.2) is 0 Å². The Balaban J connectivity index is 2.18. The molecule has 292 valence electrons. The van der Waals surface area contributed by atoms with Gasteiger partial charge in [0.1, 0.15) is 23.6 Å². The van der Waals surface area contributed by atoms with Gasteiger partial charge in [-0.15, -0.1) is 0 Å². The summed E-state index contributed by atoms with van der Waals surface area (Å²) in [7, 11) is 4.98. The molecule has 50 heavy (non-hydrogen) atoms. The highest BCUT2D eigenvalue weighted by Crippen LogP contribution is 2.41. The average Bonchev–Trinajstić information content (AvgIpc) is 3.07. The Morgan fingerprint density at radius 1 is 0.840 bits per heavy atom. The van der Waals surface area contributed by atoms with Gasteiger partial charge in [0.2, 0.25) is 0 Å². The van der Waals surface area contributed by atoms with Gasteiger partial charge in [-0.3, -0.25) is 9.59 Å². The molecule has 4 N–H and O–H groups in total. The summed E-state index contributed by atoms with van der Waals surface area (Å²) in [5.41, 5.74) is -4.05. The summed E-state index contributed by atoms with van der Waals surface area (Å²) in [5.74, 6) is -4.06. The third-order valence-electron chi connectivity index (χ3n) is 11.9. The topological polar surface area (TPSA) is 171 Å². The first-order valence-electron chi connectivity index (χ1n) is 18.4. The Bertz CT molecular complexity index is 1120. The number of nitrogens with one attached hydrogen (secondary N) is 1. The van der Waals surface area contributed by atoms with Gasteiger partial charge in [0, 0.05) is 50.9 Å². The van der Waals surface area contributed by atoms with E-state index in [4.69, 9.17) is 33.2 Å². The number of carbonyl (C=O) groups is 2. The molecule has 0 radical (unpaired) electrons. The maximum Gasteiger partial charge on any atom is 0.311 e. The second-order valence-corrected chi connectivity index (χ2v) is 15.9. The maximum atomic E-state index is 14.1. The fourth-order valence-electron chi connectivity index (χ4n) is 8.37. The molecule has 0 spiro atoms. The maximum absolute atomic E-state index is 14.1. The summed E-state index contributed by atoms with van der Waals surface area (Å²) in [5, 5.41) is 37.2. The van der Waals surface area contributed by atoms with Gasteiger partial charge in [0.25, 0.3) is 0 Å². The van der Waals surface area contributed by atoms with E-state index in [9.17, 15) is 24.9 Å². The number of aliphatic hydroxyl groups excluding tert-OH is 2. The summed E-state index contributed by atoms with van der Waals surface area (Å²) in [6, 6.07) is 0.143. The highest BCUT2D eigenvalue weighted by atomic mass is 16.7. The van der Waals surface area contributed by atoms with E-state index in [-0.39, 0.29) is 37.2 Å². The second kappa shape index (κ2) is 17.3. The van der Waals surface area contributed by atoms with E-state index in [1.165, 1.54) is 14.0 Å². The van der Waals surface area contributed by atoms with E-state index in [0.29, 0.717) is 6.42 Å². The fourth-order valence-corrected chi connectivity index (χ4v) is 8.37. The van der Waals surface area contributed by atoms with Gasteiger partial charge in [-0.05, 0) is 67.9 Å². The Labute approximate surface area is 299 Å². The van der Waals surface area contributed by atoms with Crippen LogP contribution in [-0.4, -0.2) is 126 Å². The Hall–Kier alpha value is -1.26. The van der Waals surface area contributed by atoms with Gasteiger partial charge < -0.3 is 53.8 Å². The molecular weight excluding hydrogens is 650 g/mol. The summed E-state index contributed by atoms with van der Waals surface area (Å²) in [6.07, 6.45) is -5.61. The lowest BCUT2D eigenvalue weighted by Gasteiger charge is -2.49. The van der Waals surface area contributed by atoms with Crippen LogP contribution in [0, 0.1) is 23.7 Å². The van der Waals surface area contributed by atoms with E-state index in [2.05, 4.69) is 5.32 Å². The highest BCUT2D eigenvalue weighted by Gasteiger charge is 2.53. The van der Waals surface area contributed by atoms with Crippen LogP contribution in [0.4, 0.5) is 0 Å². The number of aliphatic hydroxyl groups is 3. The molecular formula is C37H67NO12. The molecule has 0 aromatic heterocycles. The van der Waals surface area contributed by atoms with Crippen LogP contribution in [-0.2, 0) is 42.7 Å². The number of esters is 1. The van der Waals surface area contributed by atoms with E-state index in [0.717, 1.165) is 6.42 Å².